The first-order chi connectivity index (χ1) is 16.8. The summed E-state index contributed by atoms with van der Waals surface area (Å²) < 4.78 is 11.0. The Morgan fingerprint density at radius 1 is 0.686 bits per heavy atom. The highest BCUT2D eigenvalue weighted by Crippen LogP contribution is 2.25. The van der Waals surface area contributed by atoms with Gasteiger partial charge in [0.2, 0.25) is 0 Å². The van der Waals surface area contributed by atoms with Gasteiger partial charge in [-0.3, -0.25) is 0 Å². The molecule has 4 rings (SSSR count). The van der Waals surface area contributed by atoms with Crippen LogP contribution in [0.25, 0.3) is 10.8 Å². The van der Waals surface area contributed by atoms with E-state index in [9.17, 15) is 35.7 Å². The van der Waals surface area contributed by atoms with Crippen LogP contribution in [0.1, 0.15) is 17.5 Å². The summed E-state index contributed by atoms with van der Waals surface area (Å²) in [6.07, 6.45) is -10.3. The molecule has 0 saturated carbocycles. The van der Waals surface area contributed by atoms with Crippen molar-refractivity contribution in [2.75, 3.05) is 13.2 Å². The van der Waals surface area contributed by atoms with Crippen LogP contribution in [0.4, 0.5) is 0 Å². The molecule has 9 nitrogen and oxygen atoms in total. The van der Waals surface area contributed by atoms with E-state index in [-0.39, 0.29) is 6.42 Å². The van der Waals surface area contributed by atoms with Crippen LogP contribution in [0.5, 0.6) is 0 Å². The largest absolute Gasteiger partial charge is 0.394 e. The molecule has 0 bridgehead atoms. The van der Waals surface area contributed by atoms with Gasteiger partial charge in [-0.15, -0.1) is 0 Å². The van der Waals surface area contributed by atoms with Crippen molar-refractivity contribution in [1.82, 2.24) is 0 Å². The highest BCUT2D eigenvalue weighted by atomic mass is 16.5. The minimum absolute atomic E-state index is 0.0376. The summed E-state index contributed by atoms with van der Waals surface area (Å²) in [7, 11) is 0. The molecule has 186 valence electrons. The molecule has 9 heteroatoms. The lowest BCUT2D eigenvalue weighted by Crippen LogP contribution is -2.58. The van der Waals surface area contributed by atoms with Gasteiger partial charge in [-0.25, -0.2) is 0 Å². The molecular weight excluding hydrogens is 456 g/mol. The minimum Gasteiger partial charge on any atom is -0.394 e. The van der Waals surface area contributed by atoms with Crippen LogP contribution in [-0.4, -0.2) is 104 Å². The van der Waals surface area contributed by atoms with Gasteiger partial charge in [0.05, 0.1) is 25.4 Å². The molecule has 2 aromatic carbocycles. The molecule has 2 aromatic rings. The fourth-order valence-electron chi connectivity index (χ4n) is 4.26. The molecule has 9 unspecified atom stereocenters. The number of fused-ring (bicyclic) bond motifs is 1. The van der Waals surface area contributed by atoms with Crippen molar-refractivity contribution in [3.8, 4) is 23.7 Å². The van der Waals surface area contributed by atoms with E-state index in [0.29, 0.717) is 16.5 Å². The monoisotopic (exact) mass is 484 g/mol. The van der Waals surface area contributed by atoms with Crippen molar-refractivity contribution < 1.29 is 45.2 Å². The highest BCUT2D eigenvalue weighted by Gasteiger charge is 2.42. The highest BCUT2D eigenvalue weighted by molar-refractivity contribution is 5.93. The lowest BCUT2D eigenvalue weighted by Gasteiger charge is -2.37. The molecule has 0 aromatic heterocycles. The van der Waals surface area contributed by atoms with Crippen molar-refractivity contribution in [3.63, 3.8) is 0 Å². The second kappa shape index (κ2) is 11.0. The first kappa shape index (κ1) is 25.5. The quantitative estimate of drug-likeness (QED) is 0.246. The molecule has 7 N–H and O–H groups in total. The van der Waals surface area contributed by atoms with Gasteiger partial charge in [-0.2, -0.15) is 0 Å². The van der Waals surface area contributed by atoms with E-state index in [2.05, 4.69) is 23.7 Å². The number of hydrogen-bond acceptors (Lipinski definition) is 9. The smallest absolute Gasteiger partial charge is 0.147 e. The predicted octanol–water partition coefficient (Wildman–Crippen LogP) is -1.74. The van der Waals surface area contributed by atoms with Crippen molar-refractivity contribution in [1.29, 1.82) is 0 Å². The number of benzene rings is 2. The number of aliphatic hydroxyl groups is 7. The Morgan fingerprint density at radius 3 is 1.86 bits per heavy atom. The Morgan fingerprint density at radius 2 is 1.26 bits per heavy atom. The summed E-state index contributed by atoms with van der Waals surface area (Å²) in [6, 6.07) is 10.9. The summed E-state index contributed by atoms with van der Waals surface area (Å²) in [6.45, 7) is -0.932. The minimum atomic E-state index is -1.52. The molecule has 0 radical (unpaired) electrons. The average Bonchev–Trinajstić information content (AvgIpc) is 2.86. The molecule has 0 aliphatic carbocycles. The van der Waals surface area contributed by atoms with E-state index in [1.165, 1.54) is 0 Å². The van der Waals surface area contributed by atoms with Crippen LogP contribution in [0.2, 0.25) is 0 Å². The van der Waals surface area contributed by atoms with E-state index < -0.39 is 68.1 Å². The third kappa shape index (κ3) is 5.35. The fourth-order valence-corrected chi connectivity index (χ4v) is 4.26. The predicted molar refractivity (Wildman–Crippen MR) is 124 cm³/mol. The summed E-state index contributed by atoms with van der Waals surface area (Å²) in [4.78, 5) is 0. The molecule has 2 aliphatic heterocycles. The summed E-state index contributed by atoms with van der Waals surface area (Å²) in [5.74, 6) is 11.6. The van der Waals surface area contributed by atoms with Gasteiger partial charge in [-0.1, -0.05) is 47.9 Å². The lowest BCUT2D eigenvalue weighted by molar-refractivity contribution is -0.214. The van der Waals surface area contributed by atoms with E-state index in [1.807, 2.05) is 18.2 Å². The van der Waals surface area contributed by atoms with Crippen LogP contribution >= 0.6 is 0 Å². The Labute approximate surface area is 202 Å². The molecular formula is C26H28O9. The lowest BCUT2D eigenvalue weighted by atomic mass is 9.94. The zero-order valence-electron chi connectivity index (χ0n) is 18.7. The SMILES string of the molecule is OCC1OC(C#Cc2cccc3cccc(C#CC4OC(CO)C(O)C(O)C4O)c23)C(O)CC1O. The average molecular weight is 485 g/mol. The number of aliphatic hydroxyl groups excluding tert-OH is 7. The summed E-state index contributed by atoms with van der Waals surface area (Å²) >= 11 is 0. The Kier molecular flexibility index (Phi) is 8.05. The van der Waals surface area contributed by atoms with Crippen LogP contribution in [0.15, 0.2) is 36.4 Å². The zero-order valence-corrected chi connectivity index (χ0v) is 18.7. The van der Waals surface area contributed by atoms with Gasteiger partial charge in [0.25, 0.3) is 0 Å². The molecule has 9 atom stereocenters. The maximum Gasteiger partial charge on any atom is 0.147 e. The second-order valence-electron chi connectivity index (χ2n) is 8.65. The van der Waals surface area contributed by atoms with Crippen LogP contribution < -0.4 is 0 Å². The summed E-state index contributed by atoms with van der Waals surface area (Å²) in [5, 5.41) is 70.7. The van der Waals surface area contributed by atoms with Crippen LogP contribution in [0, 0.1) is 23.7 Å². The van der Waals surface area contributed by atoms with E-state index >= 15 is 0 Å². The normalized spacial score (nSPS) is 35.0. The number of ether oxygens (including phenoxy) is 2. The molecule has 0 amide bonds. The van der Waals surface area contributed by atoms with E-state index in [4.69, 9.17) is 9.47 Å². The maximum atomic E-state index is 10.3. The van der Waals surface area contributed by atoms with Gasteiger partial charge in [0.1, 0.15) is 42.7 Å². The molecule has 0 spiro atoms. The molecule has 2 saturated heterocycles. The number of rotatable bonds is 2. The van der Waals surface area contributed by atoms with Gasteiger partial charge in [0, 0.05) is 22.9 Å². The van der Waals surface area contributed by atoms with Crippen molar-refractivity contribution in [2.24, 2.45) is 0 Å². The van der Waals surface area contributed by atoms with E-state index in [1.54, 1.807) is 18.2 Å². The number of hydrogen-bond donors (Lipinski definition) is 7. The van der Waals surface area contributed by atoms with Crippen LogP contribution in [-0.2, 0) is 9.47 Å². The first-order valence-electron chi connectivity index (χ1n) is 11.3. The summed E-state index contributed by atoms with van der Waals surface area (Å²) in [5.41, 5.74) is 1.17. The van der Waals surface area contributed by atoms with Crippen molar-refractivity contribution in [3.05, 3.63) is 47.5 Å². The third-order valence-corrected chi connectivity index (χ3v) is 6.26. The van der Waals surface area contributed by atoms with Gasteiger partial charge in [-0.05, 0) is 17.5 Å². The van der Waals surface area contributed by atoms with Crippen LogP contribution in [0.3, 0.4) is 0 Å². The first-order valence-corrected chi connectivity index (χ1v) is 11.3. The Hall–Kier alpha value is -2.54. The van der Waals surface area contributed by atoms with E-state index in [0.717, 1.165) is 5.39 Å². The molecule has 35 heavy (non-hydrogen) atoms. The topological polar surface area (TPSA) is 160 Å². The van der Waals surface area contributed by atoms with Gasteiger partial charge >= 0.3 is 0 Å². The zero-order chi connectivity index (χ0) is 25.1. The molecule has 2 aliphatic rings. The van der Waals surface area contributed by atoms with Crippen molar-refractivity contribution in [2.45, 2.75) is 61.4 Å². The molecule has 2 heterocycles. The standard InChI is InChI=1S/C26H28O9/c27-12-21-18(30)11-17(29)19(34-21)9-7-15-5-1-3-14-4-2-6-16(23(14)15)8-10-20-24(31)26(33)25(32)22(13-28)35-20/h1-6,17-22,24-33H,11-13H2. The third-order valence-electron chi connectivity index (χ3n) is 6.26. The van der Waals surface area contributed by atoms with Gasteiger partial charge < -0.3 is 45.2 Å². The fraction of sp³-hybridized carbons (Fsp3) is 0.462. The Balaban J connectivity index is 1.66. The van der Waals surface area contributed by atoms with Gasteiger partial charge in [0.15, 0.2) is 0 Å². The second-order valence-corrected chi connectivity index (χ2v) is 8.65. The van der Waals surface area contributed by atoms with Crippen molar-refractivity contribution >= 4 is 10.8 Å². The maximum absolute atomic E-state index is 10.3. The Bertz CT molecular complexity index is 1150. The molecule has 2 fully saturated rings.